The van der Waals surface area contributed by atoms with Crippen LogP contribution < -0.4 is 10.6 Å². The van der Waals surface area contributed by atoms with E-state index >= 15 is 0 Å². The topological polar surface area (TPSA) is 49.5 Å². The third-order valence-electron chi connectivity index (χ3n) is 4.11. The highest BCUT2D eigenvalue weighted by Crippen LogP contribution is 2.33. The Bertz CT molecular complexity index is 624. The van der Waals surface area contributed by atoms with E-state index in [-0.39, 0.29) is 0 Å². The minimum atomic E-state index is 0.314. The Labute approximate surface area is 119 Å². The number of phenols is 1. The van der Waals surface area contributed by atoms with Gasteiger partial charge < -0.3 is 15.7 Å². The SMILES string of the molecule is CC1CCc2ccccc2N1Cc1cc(N)ccc1O. The molecular formula is C17H20N2O. The fourth-order valence-electron chi connectivity index (χ4n) is 2.92. The molecule has 2 aromatic carbocycles. The maximum Gasteiger partial charge on any atom is 0.120 e. The molecule has 0 aliphatic carbocycles. The average Bonchev–Trinajstić information content (AvgIpc) is 2.46. The maximum absolute atomic E-state index is 10.0. The van der Waals surface area contributed by atoms with Crippen molar-refractivity contribution in [2.45, 2.75) is 32.4 Å². The second kappa shape index (κ2) is 5.08. The van der Waals surface area contributed by atoms with Gasteiger partial charge in [0.2, 0.25) is 0 Å². The monoisotopic (exact) mass is 268 g/mol. The number of fused-ring (bicyclic) bond motifs is 1. The molecule has 0 fully saturated rings. The van der Waals surface area contributed by atoms with Crippen LogP contribution in [0.1, 0.15) is 24.5 Å². The van der Waals surface area contributed by atoms with E-state index in [1.54, 1.807) is 12.1 Å². The van der Waals surface area contributed by atoms with Crippen LogP contribution in [-0.4, -0.2) is 11.1 Å². The number of hydrogen-bond acceptors (Lipinski definition) is 3. The number of benzene rings is 2. The first-order valence-electron chi connectivity index (χ1n) is 7.07. The Hall–Kier alpha value is -2.16. The lowest BCUT2D eigenvalue weighted by Gasteiger charge is -2.37. The van der Waals surface area contributed by atoms with E-state index in [1.807, 2.05) is 6.07 Å². The Morgan fingerprint density at radius 3 is 2.90 bits per heavy atom. The summed E-state index contributed by atoms with van der Waals surface area (Å²) in [6, 6.07) is 14.2. The zero-order chi connectivity index (χ0) is 14.1. The van der Waals surface area contributed by atoms with Crippen LogP contribution >= 0.6 is 0 Å². The van der Waals surface area contributed by atoms with Crippen molar-refractivity contribution in [1.29, 1.82) is 0 Å². The third kappa shape index (κ3) is 2.31. The molecule has 0 saturated carbocycles. The zero-order valence-electron chi connectivity index (χ0n) is 11.7. The van der Waals surface area contributed by atoms with Gasteiger partial charge in [-0.1, -0.05) is 18.2 Å². The molecule has 2 aromatic rings. The number of anilines is 2. The van der Waals surface area contributed by atoms with Crippen LogP contribution in [0.4, 0.5) is 11.4 Å². The van der Waals surface area contributed by atoms with E-state index in [0.717, 1.165) is 18.4 Å². The van der Waals surface area contributed by atoms with Crippen molar-refractivity contribution < 1.29 is 5.11 Å². The van der Waals surface area contributed by atoms with E-state index in [1.165, 1.54) is 11.3 Å². The van der Waals surface area contributed by atoms with Gasteiger partial charge in [0.15, 0.2) is 0 Å². The molecule has 0 bridgehead atoms. The van der Waals surface area contributed by atoms with Gasteiger partial charge in [-0.25, -0.2) is 0 Å². The van der Waals surface area contributed by atoms with Crippen molar-refractivity contribution in [3.63, 3.8) is 0 Å². The first-order valence-corrected chi connectivity index (χ1v) is 7.07. The van der Waals surface area contributed by atoms with Crippen molar-refractivity contribution in [3.05, 3.63) is 53.6 Å². The Kier molecular flexibility index (Phi) is 3.26. The lowest BCUT2D eigenvalue weighted by atomic mass is 9.96. The average molecular weight is 268 g/mol. The van der Waals surface area contributed by atoms with Crippen molar-refractivity contribution in [1.82, 2.24) is 0 Å². The van der Waals surface area contributed by atoms with Gasteiger partial charge in [0, 0.05) is 29.5 Å². The minimum absolute atomic E-state index is 0.314. The molecule has 1 unspecified atom stereocenters. The van der Waals surface area contributed by atoms with Gasteiger partial charge in [0.25, 0.3) is 0 Å². The Balaban J connectivity index is 1.95. The van der Waals surface area contributed by atoms with Crippen LogP contribution in [0.25, 0.3) is 0 Å². The number of nitrogens with zero attached hydrogens (tertiary/aromatic N) is 1. The van der Waals surface area contributed by atoms with Crippen LogP contribution in [0, 0.1) is 0 Å². The normalized spacial score (nSPS) is 17.9. The second-order valence-electron chi connectivity index (χ2n) is 5.53. The lowest BCUT2D eigenvalue weighted by molar-refractivity contribution is 0.463. The van der Waals surface area contributed by atoms with Gasteiger partial charge in [0.05, 0.1) is 0 Å². The molecule has 104 valence electrons. The highest BCUT2D eigenvalue weighted by Gasteiger charge is 2.23. The molecule has 3 nitrogen and oxygen atoms in total. The molecule has 3 rings (SSSR count). The fourth-order valence-corrected chi connectivity index (χ4v) is 2.92. The molecule has 0 aromatic heterocycles. The molecule has 1 aliphatic heterocycles. The van der Waals surface area contributed by atoms with E-state index in [9.17, 15) is 5.11 Å². The van der Waals surface area contributed by atoms with E-state index in [0.29, 0.717) is 24.0 Å². The number of para-hydroxylation sites is 1. The highest BCUT2D eigenvalue weighted by molar-refractivity contribution is 5.58. The number of hydrogen-bond donors (Lipinski definition) is 2. The van der Waals surface area contributed by atoms with Crippen molar-refractivity contribution in [2.24, 2.45) is 0 Å². The van der Waals surface area contributed by atoms with Gasteiger partial charge in [0.1, 0.15) is 5.75 Å². The third-order valence-corrected chi connectivity index (χ3v) is 4.11. The zero-order valence-corrected chi connectivity index (χ0v) is 11.7. The minimum Gasteiger partial charge on any atom is -0.508 e. The fraction of sp³-hybridized carbons (Fsp3) is 0.294. The van der Waals surface area contributed by atoms with Crippen molar-refractivity contribution >= 4 is 11.4 Å². The number of aromatic hydroxyl groups is 1. The summed E-state index contributed by atoms with van der Waals surface area (Å²) in [5.41, 5.74) is 10.1. The van der Waals surface area contributed by atoms with E-state index in [4.69, 9.17) is 5.73 Å². The summed E-state index contributed by atoms with van der Waals surface area (Å²) in [4.78, 5) is 2.35. The molecule has 0 amide bonds. The predicted octanol–water partition coefficient (Wildman–Crippen LogP) is 3.32. The molecule has 1 heterocycles. The molecule has 20 heavy (non-hydrogen) atoms. The molecule has 0 spiro atoms. The van der Waals surface area contributed by atoms with Gasteiger partial charge in [-0.05, 0) is 49.6 Å². The first kappa shape index (κ1) is 12.9. The largest absolute Gasteiger partial charge is 0.508 e. The summed E-state index contributed by atoms with van der Waals surface area (Å²) in [5.74, 6) is 0.314. The summed E-state index contributed by atoms with van der Waals surface area (Å²) in [6.45, 7) is 2.92. The standard InChI is InChI=1S/C17H20N2O/c1-12-6-7-13-4-2-3-5-16(13)19(12)11-14-10-15(18)8-9-17(14)20/h2-5,8-10,12,20H,6-7,11,18H2,1H3. The number of phenolic OH excluding ortho intramolecular Hbond substituents is 1. The number of nitrogens with two attached hydrogens (primary N) is 1. The maximum atomic E-state index is 10.0. The summed E-state index contributed by atoms with van der Waals surface area (Å²) < 4.78 is 0. The number of nitrogen functional groups attached to an aromatic ring is 1. The molecule has 0 radical (unpaired) electrons. The van der Waals surface area contributed by atoms with Crippen LogP contribution in [-0.2, 0) is 13.0 Å². The summed E-state index contributed by atoms with van der Waals surface area (Å²) in [6.07, 6.45) is 2.26. The van der Waals surface area contributed by atoms with Crippen molar-refractivity contribution in [3.8, 4) is 5.75 Å². The second-order valence-corrected chi connectivity index (χ2v) is 5.53. The van der Waals surface area contributed by atoms with E-state index < -0.39 is 0 Å². The molecule has 3 N–H and O–H groups in total. The molecule has 1 atom stereocenters. The predicted molar refractivity (Wildman–Crippen MR) is 82.9 cm³/mol. The number of aryl methyl sites for hydroxylation is 1. The lowest BCUT2D eigenvalue weighted by Crippen LogP contribution is -2.36. The number of rotatable bonds is 2. The Morgan fingerprint density at radius 1 is 1.25 bits per heavy atom. The molecule has 1 aliphatic rings. The van der Waals surface area contributed by atoms with Crippen molar-refractivity contribution in [2.75, 3.05) is 10.6 Å². The van der Waals surface area contributed by atoms with Crippen LogP contribution in [0.15, 0.2) is 42.5 Å². The molecule has 0 saturated heterocycles. The summed E-state index contributed by atoms with van der Waals surface area (Å²) >= 11 is 0. The van der Waals surface area contributed by atoms with Gasteiger partial charge >= 0.3 is 0 Å². The van der Waals surface area contributed by atoms with Crippen LogP contribution in [0.5, 0.6) is 5.75 Å². The summed E-state index contributed by atoms with van der Waals surface area (Å²) in [5, 5.41) is 10.0. The smallest absolute Gasteiger partial charge is 0.120 e. The molecule has 3 heteroatoms. The first-order chi connectivity index (χ1) is 9.65. The van der Waals surface area contributed by atoms with Crippen LogP contribution in [0.3, 0.4) is 0 Å². The van der Waals surface area contributed by atoms with Gasteiger partial charge in [-0.2, -0.15) is 0 Å². The van der Waals surface area contributed by atoms with Crippen LogP contribution in [0.2, 0.25) is 0 Å². The Morgan fingerprint density at radius 2 is 2.05 bits per heavy atom. The van der Waals surface area contributed by atoms with E-state index in [2.05, 4.69) is 36.1 Å². The molecular weight excluding hydrogens is 248 g/mol. The highest BCUT2D eigenvalue weighted by atomic mass is 16.3. The quantitative estimate of drug-likeness (QED) is 0.649. The van der Waals surface area contributed by atoms with Gasteiger partial charge in [-0.3, -0.25) is 0 Å². The summed E-state index contributed by atoms with van der Waals surface area (Å²) in [7, 11) is 0. The van der Waals surface area contributed by atoms with Gasteiger partial charge in [-0.15, -0.1) is 0 Å².